The molecule has 0 amide bonds. The summed E-state index contributed by atoms with van der Waals surface area (Å²) < 4.78 is 14.6. The molecule has 0 fully saturated rings. The van der Waals surface area contributed by atoms with Crippen molar-refractivity contribution in [1.29, 1.82) is 0 Å². The predicted octanol–water partition coefficient (Wildman–Crippen LogP) is 3.64. The van der Waals surface area contributed by atoms with Crippen LogP contribution in [0.25, 0.3) is 0 Å². The summed E-state index contributed by atoms with van der Waals surface area (Å²) in [5, 5.41) is 0.835. The maximum absolute atomic E-state index is 13.7. The Morgan fingerprint density at radius 1 is 1.28 bits per heavy atom. The van der Waals surface area contributed by atoms with E-state index in [1.165, 1.54) is 17.8 Å². The molecule has 0 bridgehead atoms. The van der Waals surface area contributed by atoms with E-state index >= 15 is 0 Å². The van der Waals surface area contributed by atoms with Gasteiger partial charge in [0.2, 0.25) is 0 Å². The molecule has 0 spiro atoms. The van der Waals surface area contributed by atoms with E-state index in [0.717, 1.165) is 14.4 Å². The highest BCUT2D eigenvalue weighted by atomic mass is 79.9. The number of halogens is 2. The van der Waals surface area contributed by atoms with Crippen LogP contribution in [0, 0.1) is 5.82 Å². The fourth-order valence-electron chi connectivity index (χ4n) is 1.56. The summed E-state index contributed by atoms with van der Waals surface area (Å²) in [5.74, 6) is -0.206. The number of hydrogen-bond donors (Lipinski definition) is 1. The largest absolute Gasteiger partial charge is 0.330 e. The second kappa shape index (κ2) is 6.31. The van der Waals surface area contributed by atoms with Crippen LogP contribution < -0.4 is 5.73 Å². The Bertz CT molecular complexity index is 531. The van der Waals surface area contributed by atoms with Crippen LogP contribution in [0.2, 0.25) is 0 Å². The lowest BCUT2D eigenvalue weighted by molar-refractivity contribution is 0.603. The van der Waals surface area contributed by atoms with Gasteiger partial charge in [-0.05, 0) is 53.2 Å². The van der Waals surface area contributed by atoms with E-state index in [-0.39, 0.29) is 5.82 Å². The molecule has 1 heterocycles. The zero-order chi connectivity index (χ0) is 13.0. The van der Waals surface area contributed by atoms with Crippen LogP contribution in [0.4, 0.5) is 4.39 Å². The summed E-state index contributed by atoms with van der Waals surface area (Å²) in [6.45, 7) is 0.433. The van der Waals surface area contributed by atoms with Gasteiger partial charge in [0.15, 0.2) is 0 Å². The van der Waals surface area contributed by atoms with E-state index in [0.29, 0.717) is 18.5 Å². The third kappa shape index (κ3) is 3.31. The Hall–Kier alpha value is -0.910. The molecule has 5 heteroatoms. The van der Waals surface area contributed by atoms with Crippen LogP contribution in [-0.2, 0) is 6.42 Å². The highest BCUT2D eigenvalue weighted by Crippen LogP contribution is 2.31. The van der Waals surface area contributed by atoms with Crippen molar-refractivity contribution in [1.82, 2.24) is 4.98 Å². The lowest BCUT2D eigenvalue weighted by Crippen LogP contribution is -2.05. The van der Waals surface area contributed by atoms with Crippen molar-refractivity contribution in [3.63, 3.8) is 0 Å². The molecule has 94 valence electrons. The van der Waals surface area contributed by atoms with Gasteiger partial charge in [-0.15, -0.1) is 0 Å². The van der Waals surface area contributed by atoms with Crippen molar-refractivity contribution < 1.29 is 4.39 Å². The first kappa shape index (κ1) is 13.5. The van der Waals surface area contributed by atoms with Crippen molar-refractivity contribution >= 4 is 27.7 Å². The summed E-state index contributed by atoms with van der Waals surface area (Å²) in [5.41, 5.74) is 6.18. The van der Waals surface area contributed by atoms with Gasteiger partial charge in [0.25, 0.3) is 0 Å². The molecule has 0 radical (unpaired) electrons. The van der Waals surface area contributed by atoms with Crippen LogP contribution >= 0.6 is 27.7 Å². The summed E-state index contributed by atoms with van der Waals surface area (Å²) in [7, 11) is 0. The van der Waals surface area contributed by atoms with Gasteiger partial charge < -0.3 is 5.73 Å². The van der Waals surface area contributed by atoms with Crippen LogP contribution in [0.15, 0.2) is 50.9 Å². The first-order valence-corrected chi connectivity index (χ1v) is 7.08. The number of rotatable bonds is 4. The van der Waals surface area contributed by atoms with E-state index in [4.69, 9.17) is 5.73 Å². The molecule has 2 aromatic rings. The average Bonchev–Trinajstić information content (AvgIpc) is 2.36. The molecule has 0 unspecified atom stereocenters. The molecule has 1 aromatic carbocycles. The van der Waals surface area contributed by atoms with Crippen molar-refractivity contribution in [3.05, 3.63) is 52.4 Å². The second-order valence-electron chi connectivity index (χ2n) is 3.67. The lowest BCUT2D eigenvalue weighted by atomic mass is 10.1. The minimum atomic E-state index is -0.206. The first-order chi connectivity index (χ1) is 8.70. The van der Waals surface area contributed by atoms with Crippen molar-refractivity contribution in [3.8, 4) is 0 Å². The van der Waals surface area contributed by atoms with E-state index in [1.807, 2.05) is 18.2 Å². The van der Waals surface area contributed by atoms with Crippen molar-refractivity contribution in [2.45, 2.75) is 16.3 Å². The fraction of sp³-hybridized carbons (Fsp3) is 0.154. The summed E-state index contributed by atoms with van der Waals surface area (Å²) in [6, 6.07) is 8.87. The minimum Gasteiger partial charge on any atom is -0.330 e. The molecule has 0 aliphatic carbocycles. The molecule has 0 saturated carbocycles. The topological polar surface area (TPSA) is 38.9 Å². The number of pyridine rings is 1. The van der Waals surface area contributed by atoms with Gasteiger partial charge in [-0.1, -0.05) is 17.8 Å². The molecule has 0 aliphatic heterocycles. The third-order valence-electron chi connectivity index (χ3n) is 2.38. The molecule has 0 aliphatic rings. The highest BCUT2D eigenvalue weighted by Gasteiger charge is 2.09. The molecule has 1 aromatic heterocycles. The summed E-state index contributed by atoms with van der Waals surface area (Å²) in [6.07, 6.45) is 2.26. The standard InChI is InChI=1S/C13H12BrFN2S/c14-9-4-5-13(17-8-9)18-12-3-1-2-11(15)10(12)6-7-16/h1-5,8H,6-7,16H2. The van der Waals surface area contributed by atoms with Crippen molar-refractivity contribution in [2.24, 2.45) is 5.73 Å². The summed E-state index contributed by atoms with van der Waals surface area (Å²) >= 11 is 4.78. The molecular formula is C13H12BrFN2S. The highest BCUT2D eigenvalue weighted by molar-refractivity contribution is 9.10. The van der Waals surface area contributed by atoms with Gasteiger partial charge in [-0.2, -0.15) is 0 Å². The van der Waals surface area contributed by atoms with Crippen LogP contribution in [0.1, 0.15) is 5.56 Å². The molecule has 2 rings (SSSR count). The number of aromatic nitrogens is 1. The van der Waals surface area contributed by atoms with Crippen LogP contribution in [-0.4, -0.2) is 11.5 Å². The van der Waals surface area contributed by atoms with E-state index in [1.54, 1.807) is 12.3 Å². The smallest absolute Gasteiger partial charge is 0.127 e. The Balaban J connectivity index is 2.28. The Morgan fingerprint density at radius 3 is 2.78 bits per heavy atom. The number of benzene rings is 1. The van der Waals surface area contributed by atoms with Crippen molar-refractivity contribution in [2.75, 3.05) is 6.54 Å². The Kier molecular flexibility index (Phi) is 4.74. The van der Waals surface area contributed by atoms with E-state index in [2.05, 4.69) is 20.9 Å². The number of hydrogen-bond acceptors (Lipinski definition) is 3. The normalized spacial score (nSPS) is 10.6. The SMILES string of the molecule is NCCc1c(F)cccc1Sc1ccc(Br)cn1. The number of nitrogens with zero attached hydrogens (tertiary/aromatic N) is 1. The van der Waals surface area contributed by atoms with Crippen LogP contribution in [0.5, 0.6) is 0 Å². The van der Waals surface area contributed by atoms with Gasteiger partial charge >= 0.3 is 0 Å². The third-order valence-corrected chi connectivity index (χ3v) is 3.91. The van der Waals surface area contributed by atoms with Gasteiger partial charge in [-0.25, -0.2) is 9.37 Å². The minimum absolute atomic E-state index is 0.206. The van der Waals surface area contributed by atoms with Crippen LogP contribution in [0.3, 0.4) is 0 Å². The molecule has 2 nitrogen and oxygen atoms in total. The lowest BCUT2D eigenvalue weighted by Gasteiger charge is -2.08. The van der Waals surface area contributed by atoms with E-state index in [9.17, 15) is 4.39 Å². The summed E-state index contributed by atoms with van der Waals surface area (Å²) in [4.78, 5) is 5.14. The fourth-order valence-corrected chi connectivity index (χ4v) is 2.73. The molecule has 0 saturated heterocycles. The Morgan fingerprint density at radius 2 is 2.11 bits per heavy atom. The first-order valence-electron chi connectivity index (χ1n) is 5.47. The van der Waals surface area contributed by atoms with Gasteiger partial charge in [0, 0.05) is 21.1 Å². The molecule has 2 N–H and O–H groups in total. The second-order valence-corrected chi connectivity index (χ2v) is 5.65. The van der Waals surface area contributed by atoms with Gasteiger partial charge in [-0.3, -0.25) is 0 Å². The predicted molar refractivity (Wildman–Crippen MR) is 75.2 cm³/mol. The van der Waals surface area contributed by atoms with Gasteiger partial charge in [0.05, 0.1) is 0 Å². The van der Waals surface area contributed by atoms with E-state index < -0.39 is 0 Å². The Labute approximate surface area is 118 Å². The molecular weight excluding hydrogens is 315 g/mol. The molecule has 0 atom stereocenters. The maximum Gasteiger partial charge on any atom is 0.127 e. The zero-order valence-electron chi connectivity index (χ0n) is 9.57. The maximum atomic E-state index is 13.7. The average molecular weight is 327 g/mol. The quantitative estimate of drug-likeness (QED) is 0.932. The number of nitrogens with two attached hydrogens (primary N) is 1. The zero-order valence-corrected chi connectivity index (χ0v) is 12.0. The molecule has 18 heavy (non-hydrogen) atoms. The monoisotopic (exact) mass is 326 g/mol. The van der Waals surface area contributed by atoms with Gasteiger partial charge in [0.1, 0.15) is 10.8 Å².